The molecule has 5 N–H and O–H groups in total. The number of carboxylic acid groups (broad SMARTS) is 1. The van der Waals surface area contributed by atoms with Crippen molar-refractivity contribution in [2.75, 3.05) is 6.61 Å². The molecule has 2 aromatic rings. The second kappa shape index (κ2) is 9.41. The predicted octanol–water partition coefficient (Wildman–Crippen LogP) is 1.49. The minimum Gasteiger partial charge on any atom is -0.480 e. The number of aromatic amines is 1. The van der Waals surface area contributed by atoms with Gasteiger partial charge in [0.25, 0.3) is 0 Å². The second-order valence-electron chi connectivity index (χ2n) is 6.39. The van der Waals surface area contributed by atoms with E-state index in [1.54, 1.807) is 12.3 Å². The predicted molar refractivity (Wildman–Crippen MR) is 95.8 cm³/mol. The Morgan fingerprint density at radius 1 is 1.24 bits per heavy atom. The zero-order valence-corrected chi connectivity index (χ0v) is 15.2. The van der Waals surface area contributed by atoms with Crippen LogP contribution in [-0.2, 0) is 25.5 Å². The van der Waals surface area contributed by atoms with Crippen molar-refractivity contribution in [3.63, 3.8) is 0 Å². The van der Waals surface area contributed by atoms with Crippen LogP contribution < -0.4 is 11.1 Å². The fraction of sp³-hybridized carbons (Fsp3) is 0.389. The molecule has 0 saturated heterocycles. The van der Waals surface area contributed by atoms with Crippen LogP contribution in [0.1, 0.15) is 18.4 Å². The number of esters is 1. The number of nitrogens with two attached hydrogens (primary N) is 1. The van der Waals surface area contributed by atoms with Gasteiger partial charge in [-0.2, -0.15) is 13.2 Å². The van der Waals surface area contributed by atoms with E-state index in [9.17, 15) is 32.7 Å². The van der Waals surface area contributed by atoms with Crippen LogP contribution in [0, 0.1) is 0 Å². The fourth-order valence-electron chi connectivity index (χ4n) is 2.65. The summed E-state index contributed by atoms with van der Waals surface area (Å²) >= 11 is 0. The quantitative estimate of drug-likeness (QED) is 0.459. The first-order valence-corrected chi connectivity index (χ1v) is 8.63. The number of alkyl halides is 3. The Bertz CT molecular complexity index is 881. The van der Waals surface area contributed by atoms with E-state index in [-0.39, 0.29) is 19.3 Å². The maximum absolute atomic E-state index is 12.0. The number of halogens is 3. The Labute approximate surface area is 163 Å². The number of benzene rings is 1. The van der Waals surface area contributed by atoms with Crippen LogP contribution in [0.25, 0.3) is 10.9 Å². The van der Waals surface area contributed by atoms with E-state index in [1.165, 1.54) is 0 Å². The smallest absolute Gasteiger partial charge is 0.422 e. The summed E-state index contributed by atoms with van der Waals surface area (Å²) in [7, 11) is 0. The monoisotopic (exact) mass is 415 g/mol. The average Bonchev–Trinajstić information content (AvgIpc) is 3.06. The highest BCUT2D eigenvalue weighted by molar-refractivity contribution is 5.87. The zero-order valence-electron chi connectivity index (χ0n) is 15.2. The molecule has 158 valence electrons. The lowest BCUT2D eigenvalue weighted by Gasteiger charge is -2.16. The highest BCUT2D eigenvalue weighted by Crippen LogP contribution is 2.19. The van der Waals surface area contributed by atoms with Crippen LogP contribution in [-0.4, -0.2) is 52.8 Å². The Morgan fingerprint density at radius 2 is 1.93 bits per heavy atom. The Hall–Kier alpha value is -3.08. The summed E-state index contributed by atoms with van der Waals surface area (Å²) < 4.78 is 40.1. The number of carboxylic acids is 1. The van der Waals surface area contributed by atoms with E-state index in [1.807, 2.05) is 18.2 Å². The number of aromatic nitrogens is 1. The van der Waals surface area contributed by atoms with Gasteiger partial charge in [-0.25, -0.2) is 4.79 Å². The van der Waals surface area contributed by atoms with E-state index in [0.29, 0.717) is 5.56 Å². The van der Waals surface area contributed by atoms with E-state index in [4.69, 9.17) is 5.73 Å². The van der Waals surface area contributed by atoms with Crippen molar-refractivity contribution >= 4 is 28.7 Å². The molecule has 0 bridgehead atoms. The van der Waals surface area contributed by atoms with Gasteiger partial charge in [-0.05, 0) is 18.1 Å². The van der Waals surface area contributed by atoms with Gasteiger partial charge in [0.05, 0.1) is 0 Å². The lowest BCUT2D eigenvalue weighted by atomic mass is 10.0. The molecule has 1 aromatic carbocycles. The number of para-hydroxylation sites is 1. The number of nitrogens with one attached hydrogen (secondary N) is 2. The first kappa shape index (κ1) is 22.2. The number of aliphatic carboxylic acids is 1. The molecule has 0 aliphatic heterocycles. The number of H-pyrrole nitrogens is 1. The third-order valence-electron chi connectivity index (χ3n) is 4.10. The maximum Gasteiger partial charge on any atom is 0.422 e. The normalized spacial score (nSPS) is 13.7. The van der Waals surface area contributed by atoms with Crippen molar-refractivity contribution in [1.29, 1.82) is 0 Å². The number of amides is 1. The summed E-state index contributed by atoms with van der Waals surface area (Å²) in [5.41, 5.74) is 6.93. The van der Waals surface area contributed by atoms with Crippen molar-refractivity contribution < 1.29 is 37.4 Å². The molecule has 1 unspecified atom stereocenters. The molecule has 1 amide bonds. The van der Waals surface area contributed by atoms with E-state index in [0.717, 1.165) is 10.9 Å². The third kappa shape index (κ3) is 6.79. The molecule has 0 spiro atoms. The summed E-state index contributed by atoms with van der Waals surface area (Å²) in [6.07, 6.45) is -3.64. The molecular weight excluding hydrogens is 395 g/mol. The maximum atomic E-state index is 12.0. The number of ether oxygens (including phenoxy) is 1. The van der Waals surface area contributed by atoms with Gasteiger partial charge in [-0.15, -0.1) is 0 Å². The van der Waals surface area contributed by atoms with Crippen LogP contribution in [0.15, 0.2) is 30.5 Å². The molecule has 1 aromatic heterocycles. The third-order valence-corrected chi connectivity index (χ3v) is 4.10. The first-order chi connectivity index (χ1) is 13.6. The number of hydrogen-bond donors (Lipinski definition) is 4. The van der Waals surface area contributed by atoms with Gasteiger partial charge >= 0.3 is 18.1 Å². The molecule has 0 fully saturated rings. The number of carbonyl (C=O) groups is 3. The van der Waals surface area contributed by atoms with Gasteiger partial charge in [-0.1, -0.05) is 18.2 Å². The van der Waals surface area contributed by atoms with Gasteiger partial charge in [0.15, 0.2) is 6.61 Å². The molecule has 11 heteroatoms. The molecule has 0 aliphatic carbocycles. The van der Waals surface area contributed by atoms with Crippen molar-refractivity contribution in [1.82, 2.24) is 10.3 Å². The van der Waals surface area contributed by atoms with Gasteiger partial charge in [0.2, 0.25) is 5.91 Å². The van der Waals surface area contributed by atoms with E-state index >= 15 is 0 Å². The molecule has 0 aliphatic rings. The molecule has 0 radical (unpaired) electrons. The van der Waals surface area contributed by atoms with Crippen molar-refractivity contribution in [2.45, 2.75) is 37.5 Å². The highest BCUT2D eigenvalue weighted by Gasteiger charge is 2.31. The van der Waals surface area contributed by atoms with Gasteiger partial charge < -0.3 is 25.9 Å². The van der Waals surface area contributed by atoms with Gasteiger partial charge in [0.1, 0.15) is 12.1 Å². The SMILES string of the molecule is N[C@H](CCC(=O)NC(Cc1c[nH]c2ccccc12)C(=O)O)C(=O)OCC(F)(F)F. The minimum atomic E-state index is -4.68. The zero-order chi connectivity index (χ0) is 21.6. The molecule has 1 heterocycles. The summed E-state index contributed by atoms with van der Waals surface area (Å²) in [6.45, 7) is -1.77. The summed E-state index contributed by atoms with van der Waals surface area (Å²) in [4.78, 5) is 37.9. The molecule has 2 atom stereocenters. The topological polar surface area (TPSA) is 135 Å². The van der Waals surface area contributed by atoms with Crippen LogP contribution in [0.5, 0.6) is 0 Å². The summed E-state index contributed by atoms with van der Waals surface area (Å²) in [5.74, 6) is -3.24. The summed E-state index contributed by atoms with van der Waals surface area (Å²) in [5, 5.41) is 12.5. The van der Waals surface area contributed by atoms with E-state index in [2.05, 4.69) is 15.0 Å². The van der Waals surface area contributed by atoms with Crippen molar-refractivity contribution in [3.05, 3.63) is 36.0 Å². The Kier molecular flexibility index (Phi) is 7.21. The minimum absolute atomic E-state index is 0.0186. The second-order valence-corrected chi connectivity index (χ2v) is 6.39. The fourth-order valence-corrected chi connectivity index (χ4v) is 2.65. The average molecular weight is 415 g/mol. The number of fused-ring (bicyclic) bond motifs is 1. The molecule has 29 heavy (non-hydrogen) atoms. The molecule has 2 rings (SSSR count). The highest BCUT2D eigenvalue weighted by atomic mass is 19.4. The molecule has 0 saturated carbocycles. The largest absolute Gasteiger partial charge is 0.480 e. The van der Waals surface area contributed by atoms with Crippen molar-refractivity contribution in [3.8, 4) is 0 Å². The van der Waals surface area contributed by atoms with E-state index < -0.39 is 42.7 Å². The lowest BCUT2D eigenvalue weighted by Crippen LogP contribution is -2.43. The van der Waals surface area contributed by atoms with Crippen molar-refractivity contribution in [2.24, 2.45) is 5.73 Å². The Morgan fingerprint density at radius 3 is 2.59 bits per heavy atom. The first-order valence-electron chi connectivity index (χ1n) is 8.63. The van der Waals surface area contributed by atoms with Crippen LogP contribution >= 0.6 is 0 Å². The lowest BCUT2D eigenvalue weighted by molar-refractivity contribution is -0.187. The molecule has 8 nitrogen and oxygen atoms in total. The molecular formula is C18H20F3N3O5. The number of rotatable bonds is 9. The van der Waals surface area contributed by atoms with Gasteiger partial charge in [0, 0.05) is 29.9 Å². The standard InChI is InChI=1S/C18H20F3N3O5/c19-18(20,21)9-29-17(28)12(22)5-6-15(25)24-14(16(26)27)7-10-8-23-13-4-2-1-3-11(10)13/h1-4,8,12,14,23H,5-7,9,22H2,(H,24,25)(H,26,27)/t12-,14?/m1/s1. The summed E-state index contributed by atoms with van der Waals surface area (Å²) in [6, 6.07) is 4.60. The Balaban J connectivity index is 1.88. The number of hydrogen-bond acceptors (Lipinski definition) is 5. The number of carbonyl (C=O) groups excluding carboxylic acids is 2. The van der Waals surface area contributed by atoms with Crippen LogP contribution in [0.2, 0.25) is 0 Å². The van der Waals surface area contributed by atoms with Gasteiger partial charge in [-0.3, -0.25) is 9.59 Å². The van der Waals surface area contributed by atoms with Crippen LogP contribution in [0.3, 0.4) is 0 Å². The van der Waals surface area contributed by atoms with Crippen LogP contribution in [0.4, 0.5) is 13.2 Å².